The lowest BCUT2D eigenvalue weighted by Crippen LogP contribution is -2.34. The first-order chi connectivity index (χ1) is 7.16. The number of carbonyl (C=O) groups excluding carboxylic acids is 1. The molecule has 1 unspecified atom stereocenters. The lowest BCUT2D eigenvalue weighted by molar-refractivity contribution is -0.133. The van der Waals surface area contributed by atoms with E-state index in [4.69, 9.17) is 5.73 Å². The maximum atomic E-state index is 11.8. The van der Waals surface area contributed by atoms with Crippen LogP contribution in [0.4, 0.5) is 0 Å². The molecule has 0 aromatic carbocycles. The predicted molar refractivity (Wildman–Crippen MR) is 56.0 cm³/mol. The van der Waals surface area contributed by atoms with Crippen molar-refractivity contribution in [2.24, 2.45) is 5.73 Å². The van der Waals surface area contributed by atoms with Crippen molar-refractivity contribution in [1.82, 2.24) is 19.7 Å². The minimum atomic E-state index is -0.310. The number of carbonyl (C=O) groups is 1. The monoisotopic (exact) mass is 211 g/mol. The Labute approximate surface area is 89.1 Å². The van der Waals surface area contributed by atoms with Crippen LogP contribution in [-0.2, 0) is 4.79 Å². The van der Waals surface area contributed by atoms with Crippen LogP contribution in [0.15, 0.2) is 12.7 Å². The summed E-state index contributed by atoms with van der Waals surface area (Å²) in [4.78, 5) is 17.3. The molecule has 0 aliphatic rings. The van der Waals surface area contributed by atoms with Crippen LogP contribution in [0.2, 0.25) is 0 Å². The van der Waals surface area contributed by atoms with Crippen molar-refractivity contribution in [3.8, 4) is 0 Å². The Hall–Kier alpha value is -1.43. The molecule has 0 aliphatic heterocycles. The van der Waals surface area contributed by atoms with Gasteiger partial charge in [0, 0.05) is 13.6 Å². The third-order valence-electron chi connectivity index (χ3n) is 2.26. The van der Waals surface area contributed by atoms with Crippen LogP contribution in [0.25, 0.3) is 0 Å². The summed E-state index contributed by atoms with van der Waals surface area (Å²) in [5.74, 6) is 0.0222. The molecule has 0 saturated heterocycles. The maximum absolute atomic E-state index is 11.8. The first-order valence-electron chi connectivity index (χ1n) is 4.96. The molecule has 6 nitrogen and oxygen atoms in total. The van der Waals surface area contributed by atoms with Gasteiger partial charge in [0.25, 0.3) is 0 Å². The predicted octanol–water partition coefficient (Wildman–Crippen LogP) is -0.354. The molecule has 1 heterocycles. The molecule has 1 rings (SSSR count). The van der Waals surface area contributed by atoms with E-state index in [0.717, 1.165) is 6.42 Å². The summed E-state index contributed by atoms with van der Waals surface area (Å²) in [5.41, 5.74) is 5.38. The molecule has 0 aliphatic carbocycles. The number of aromatic nitrogens is 3. The van der Waals surface area contributed by atoms with Crippen LogP contribution in [0.1, 0.15) is 19.4 Å². The van der Waals surface area contributed by atoms with E-state index < -0.39 is 0 Å². The average molecular weight is 211 g/mol. The van der Waals surface area contributed by atoms with Gasteiger partial charge in [-0.2, -0.15) is 5.10 Å². The number of nitrogens with two attached hydrogens (primary N) is 1. The van der Waals surface area contributed by atoms with Gasteiger partial charge in [-0.3, -0.25) is 4.79 Å². The van der Waals surface area contributed by atoms with E-state index in [0.29, 0.717) is 13.1 Å². The minimum Gasteiger partial charge on any atom is -0.344 e. The maximum Gasteiger partial charge on any atom is 0.246 e. The molecular weight excluding hydrogens is 194 g/mol. The van der Waals surface area contributed by atoms with Crippen molar-refractivity contribution in [3.05, 3.63) is 12.7 Å². The van der Waals surface area contributed by atoms with Crippen LogP contribution < -0.4 is 5.73 Å². The van der Waals surface area contributed by atoms with E-state index in [1.54, 1.807) is 29.9 Å². The highest BCUT2D eigenvalue weighted by Crippen LogP contribution is 2.06. The molecule has 2 N–H and O–H groups in total. The molecule has 6 heteroatoms. The van der Waals surface area contributed by atoms with Gasteiger partial charge in [-0.15, -0.1) is 0 Å². The fraction of sp³-hybridized carbons (Fsp3) is 0.667. The van der Waals surface area contributed by atoms with Crippen molar-refractivity contribution < 1.29 is 4.79 Å². The summed E-state index contributed by atoms with van der Waals surface area (Å²) < 4.78 is 1.54. The smallest absolute Gasteiger partial charge is 0.246 e. The summed E-state index contributed by atoms with van der Waals surface area (Å²) in [6.07, 6.45) is 3.77. The second-order valence-electron chi connectivity index (χ2n) is 3.45. The molecule has 1 atom stereocenters. The molecule has 1 aromatic rings. The summed E-state index contributed by atoms with van der Waals surface area (Å²) in [7, 11) is 1.77. The largest absolute Gasteiger partial charge is 0.344 e. The van der Waals surface area contributed by atoms with Crippen LogP contribution in [0.5, 0.6) is 0 Å². The normalized spacial score (nSPS) is 12.5. The number of likely N-dealkylation sites (N-methyl/N-ethyl adjacent to an activating group) is 1. The van der Waals surface area contributed by atoms with Gasteiger partial charge >= 0.3 is 0 Å². The zero-order chi connectivity index (χ0) is 11.3. The van der Waals surface area contributed by atoms with Crippen LogP contribution in [-0.4, -0.2) is 45.7 Å². The highest BCUT2D eigenvalue weighted by atomic mass is 16.2. The van der Waals surface area contributed by atoms with Gasteiger partial charge in [-0.25, -0.2) is 9.67 Å². The molecule has 0 radical (unpaired) electrons. The highest BCUT2D eigenvalue weighted by molar-refractivity contribution is 5.79. The van der Waals surface area contributed by atoms with E-state index in [1.807, 2.05) is 0 Å². The summed E-state index contributed by atoms with van der Waals surface area (Å²) >= 11 is 0. The van der Waals surface area contributed by atoms with Gasteiger partial charge in [0.05, 0.1) is 0 Å². The third kappa shape index (κ3) is 3.02. The van der Waals surface area contributed by atoms with Gasteiger partial charge in [-0.1, -0.05) is 0 Å². The molecule has 15 heavy (non-hydrogen) atoms. The second kappa shape index (κ2) is 5.45. The standard InChI is InChI=1S/C9H17N5O/c1-8(14-7-11-6-12-14)9(15)13(2)5-3-4-10/h6-8H,3-5,10H2,1-2H3. The second-order valence-corrected chi connectivity index (χ2v) is 3.45. The van der Waals surface area contributed by atoms with Crippen LogP contribution in [0, 0.1) is 0 Å². The number of hydrogen-bond acceptors (Lipinski definition) is 4. The number of nitrogens with zero attached hydrogens (tertiary/aromatic N) is 4. The van der Waals surface area contributed by atoms with Crippen LogP contribution in [0.3, 0.4) is 0 Å². The molecule has 1 aromatic heterocycles. The SMILES string of the molecule is CC(C(=O)N(C)CCCN)n1cncn1. The summed E-state index contributed by atoms with van der Waals surface area (Å²) in [6, 6.07) is -0.310. The fourth-order valence-electron chi connectivity index (χ4n) is 1.29. The molecule has 1 amide bonds. The van der Waals surface area contributed by atoms with E-state index in [9.17, 15) is 4.79 Å². The molecular formula is C9H17N5O. The Balaban J connectivity index is 2.52. The average Bonchev–Trinajstić information content (AvgIpc) is 2.77. The molecule has 84 valence electrons. The van der Waals surface area contributed by atoms with Gasteiger partial charge in [0.15, 0.2) is 0 Å². The summed E-state index contributed by atoms with van der Waals surface area (Å²) in [6.45, 7) is 3.07. The van der Waals surface area contributed by atoms with E-state index >= 15 is 0 Å². The molecule has 0 bridgehead atoms. The zero-order valence-electron chi connectivity index (χ0n) is 9.13. The lowest BCUT2D eigenvalue weighted by Gasteiger charge is -2.20. The first kappa shape index (κ1) is 11.6. The highest BCUT2D eigenvalue weighted by Gasteiger charge is 2.18. The minimum absolute atomic E-state index is 0.0222. The Morgan fingerprint density at radius 3 is 2.93 bits per heavy atom. The number of amides is 1. The Bertz CT molecular complexity index is 297. The van der Waals surface area contributed by atoms with Gasteiger partial charge < -0.3 is 10.6 Å². The third-order valence-corrected chi connectivity index (χ3v) is 2.26. The van der Waals surface area contributed by atoms with Crippen molar-refractivity contribution >= 4 is 5.91 Å². The van der Waals surface area contributed by atoms with E-state index in [-0.39, 0.29) is 11.9 Å². The van der Waals surface area contributed by atoms with Crippen LogP contribution >= 0.6 is 0 Å². The van der Waals surface area contributed by atoms with Crippen molar-refractivity contribution in [2.75, 3.05) is 20.1 Å². The van der Waals surface area contributed by atoms with E-state index in [2.05, 4.69) is 10.1 Å². The quantitative estimate of drug-likeness (QED) is 0.722. The number of hydrogen-bond donors (Lipinski definition) is 1. The Kier molecular flexibility index (Phi) is 4.23. The van der Waals surface area contributed by atoms with Gasteiger partial charge in [0.1, 0.15) is 18.7 Å². The summed E-state index contributed by atoms with van der Waals surface area (Å²) in [5, 5.41) is 3.93. The first-order valence-corrected chi connectivity index (χ1v) is 4.96. The van der Waals surface area contributed by atoms with Crippen molar-refractivity contribution in [1.29, 1.82) is 0 Å². The topological polar surface area (TPSA) is 77.0 Å². The fourth-order valence-corrected chi connectivity index (χ4v) is 1.29. The van der Waals surface area contributed by atoms with E-state index in [1.165, 1.54) is 6.33 Å². The van der Waals surface area contributed by atoms with Crippen molar-refractivity contribution in [2.45, 2.75) is 19.4 Å². The van der Waals surface area contributed by atoms with Gasteiger partial charge in [-0.05, 0) is 19.9 Å². The Morgan fingerprint density at radius 2 is 2.40 bits per heavy atom. The lowest BCUT2D eigenvalue weighted by atomic mass is 10.3. The number of rotatable bonds is 5. The Morgan fingerprint density at radius 1 is 1.67 bits per heavy atom. The van der Waals surface area contributed by atoms with Gasteiger partial charge in [0.2, 0.25) is 5.91 Å². The molecule has 0 spiro atoms. The molecule has 0 fully saturated rings. The zero-order valence-corrected chi connectivity index (χ0v) is 9.13. The van der Waals surface area contributed by atoms with Crippen molar-refractivity contribution in [3.63, 3.8) is 0 Å². The molecule has 0 saturated carbocycles.